The molecule has 0 amide bonds. The average Bonchev–Trinajstić information content (AvgIpc) is 2.72. The van der Waals surface area contributed by atoms with E-state index in [1.54, 1.807) is 12.1 Å². The molecule has 0 fully saturated rings. The van der Waals surface area contributed by atoms with Crippen LogP contribution in [0.15, 0.2) is 72.8 Å². The van der Waals surface area contributed by atoms with Crippen molar-refractivity contribution in [1.29, 1.82) is 0 Å². The average molecular weight is 393 g/mol. The molecule has 5 rings (SSSR count). The molecule has 1 aliphatic rings. The standard InChI is InChI=1S/C22H14F3N3O/c23-22(24,25)15-7-5-6-14(12-15)13-28-18-10-3-4-11-19(18)29-21-20(28)26-16-8-1-2-9-17(16)27-21/h1-12H,13H2. The van der Waals surface area contributed by atoms with Gasteiger partial charge in [0.05, 0.1) is 22.3 Å². The van der Waals surface area contributed by atoms with Crippen molar-refractivity contribution in [2.45, 2.75) is 12.7 Å². The molecule has 4 aromatic rings. The van der Waals surface area contributed by atoms with Crippen LogP contribution in [-0.2, 0) is 12.7 Å². The Balaban J connectivity index is 1.64. The van der Waals surface area contributed by atoms with Crippen molar-refractivity contribution in [2.75, 3.05) is 4.90 Å². The number of anilines is 2. The highest BCUT2D eigenvalue weighted by Crippen LogP contribution is 2.45. The summed E-state index contributed by atoms with van der Waals surface area (Å²) in [5.74, 6) is 1.38. The van der Waals surface area contributed by atoms with E-state index in [0.717, 1.165) is 17.8 Å². The molecule has 0 aliphatic carbocycles. The first-order valence-corrected chi connectivity index (χ1v) is 8.96. The summed E-state index contributed by atoms with van der Waals surface area (Å²) in [4.78, 5) is 11.1. The highest BCUT2D eigenvalue weighted by atomic mass is 19.4. The van der Waals surface area contributed by atoms with Gasteiger partial charge in [-0.15, -0.1) is 0 Å². The molecular weight excluding hydrogens is 379 g/mol. The second-order valence-electron chi connectivity index (χ2n) is 6.70. The maximum Gasteiger partial charge on any atom is 0.416 e. The van der Waals surface area contributed by atoms with Gasteiger partial charge in [0.1, 0.15) is 0 Å². The van der Waals surface area contributed by atoms with E-state index in [9.17, 15) is 13.2 Å². The first-order valence-electron chi connectivity index (χ1n) is 8.96. The Morgan fingerprint density at radius 2 is 1.55 bits per heavy atom. The van der Waals surface area contributed by atoms with Crippen LogP contribution >= 0.6 is 0 Å². The van der Waals surface area contributed by atoms with Gasteiger partial charge in [0.15, 0.2) is 11.6 Å². The number of ether oxygens (including phenoxy) is 1. The summed E-state index contributed by atoms with van der Waals surface area (Å²) in [6.45, 7) is 0.199. The number of nitrogens with zero attached hydrogens (tertiary/aromatic N) is 3. The van der Waals surface area contributed by atoms with E-state index in [1.807, 2.05) is 47.4 Å². The molecule has 3 aromatic carbocycles. The summed E-state index contributed by atoms with van der Waals surface area (Å²) in [5.41, 5.74) is 1.92. The minimum Gasteiger partial charge on any atom is -0.434 e. The minimum atomic E-state index is -4.40. The summed E-state index contributed by atoms with van der Waals surface area (Å²) >= 11 is 0. The summed E-state index contributed by atoms with van der Waals surface area (Å²) in [5, 5.41) is 0. The van der Waals surface area contributed by atoms with E-state index in [0.29, 0.717) is 34.0 Å². The molecule has 29 heavy (non-hydrogen) atoms. The Labute approximate surface area is 164 Å². The number of fused-ring (bicyclic) bond motifs is 3. The molecule has 1 aromatic heterocycles. The fourth-order valence-corrected chi connectivity index (χ4v) is 3.39. The molecule has 0 saturated heterocycles. The lowest BCUT2D eigenvalue weighted by Gasteiger charge is -2.31. The minimum absolute atomic E-state index is 0.199. The number of hydrogen-bond acceptors (Lipinski definition) is 4. The molecule has 0 saturated carbocycles. The van der Waals surface area contributed by atoms with Crippen LogP contribution in [-0.4, -0.2) is 9.97 Å². The topological polar surface area (TPSA) is 38.2 Å². The van der Waals surface area contributed by atoms with Crippen molar-refractivity contribution in [3.8, 4) is 11.6 Å². The van der Waals surface area contributed by atoms with Crippen LogP contribution in [0.1, 0.15) is 11.1 Å². The monoisotopic (exact) mass is 393 g/mol. The van der Waals surface area contributed by atoms with Crippen molar-refractivity contribution in [2.24, 2.45) is 0 Å². The van der Waals surface area contributed by atoms with E-state index in [2.05, 4.69) is 9.97 Å². The predicted molar refractivity (Wildman–Crippen MR) is 103 cm³/mol. The van der Waals surface area contributed by atoms with Gasteiger partial charge in [0.25, 0.3) is 5.88 Å². The van der Waals surface area contributed by atoms with Gasteiger partial charge in [0, 0.05) is 6.54 Å². The predicted octanol–water partition coefficient (Wildman–Crippen LogP) is 6.09. The Morgan fingerprint density at radius 1 is 0.828 bits per heavy atom. The van der Waals surface area contributed by atoms with Crippen molar-refractivity contribution in [3.05, 3.63) is 83.9 Å². The van der Waals surface area contributed by atoms with Crippen LogP contribution in [0, 0.1) is 0 Å². The highest BCUT2D eigenvalue weighted by Gasteiger charge is 2.31. The zero-order chi connectivity index (χ0) is 20.0. The molecule has 0 atom stereocenters. The number of para-hydroxylation sites is 4. The van der Waals surface area contributed by atoms with Gasteiger partial charge in [-0.1, -0.05) is 36.4 Å². The van der Waals surface area contributed by atoms with Gasteiger partial charge in [-0.25, -0.2) is 9.97 Å². The molecule has 2 heterocycles. The zero-order valence-electron chi connectivity index (χ0n) is 15.0. The van der Waals surface area contributed by atoms with Crippen molar-refractivity contribution >= 4 is 22.5 Å². The van der Waals surface area contributed by atoms with Crippen LogP contribution in [0.5, 0.6) is 11.6 Å². The molecule has 4 nitrogen and oxygen atoms in total. The largest absolute Gasteiger partial charge is 0.434 e. The number of rotatable bonds is 2. The Morgan fingerprint density at radius 3 is 2.34 bits per heavy atom. The third-order valence-electron chi connectivity index (χ3n) is 4.73. The van der Waals surface area contributed by atoms with Gasteiger partial charge in [0.2, 0.25) is 0 Å². The molecular formula is C22H14F3N3O. The van der Waals surface area contributed by atoms with Crippen LogP contribution in [0.3, 0.4) is 0 Å². The molecule has 0 bridgehead atoms. The quantitative estimate of drug-likeness (QED) is 0.413. The number of alkyl halides is 3. The summed E-state index contributed by atoms with van der Waals surface area (Å²) in [7, 11) is 0. The molecule has 1 aliphatic heterocycles. The highest BCUT2D eigenvalue weighted by molar-refractivity contribution is 5.82. The lowest BCUT2D eigenvalue weighted by atomic mass is 10.1. The van der Waals surface area contributed by atoms with Crippen molar-refractivity contribution in [3.63, 3.8) is 0 Å². The maximum absolute atomic E-state index is 13.1. The molecule has 144 valence electrons. The van der Waals surface area contributed by atoms with Crippen molar-refractivity contribution < 1.29 is 17.9 Å². The summed E-state index contributed by atoms with van der Waals surface area (Å²) < 4.78 is 45.4. The first-order chi connectivity index (χ1) is 14.0. The lowest BCUT2D eigenvalue weighted by molar-refractivity contribution is -0.137. The summed E-state index contributed by atoms with van der Waals surface area (Å²) in [6, 6.07) is 20.0. The Kier molecular flexibility index (Phi) is 3.91. The van der Waals surface area contributed by atoms with Crippen LogP contribution < -0.4 is 9.64 Å². The molecule has 0 spiro atoms. The van der Waals surface area contributed by atoms with E-state index in [-0.39, 0.29) is 6.54 Å². The smallest absolute Gasteiger partial charge is 0.416 e. The van der Waals surface area contributed by atoms with E-state index < -0.39 is 11.7 Å². The second-order valence-corrected chi connectivity index (χ2v) is 6.70. The lowest BCUT2D eigenvalue weighted by Crippen LogP contribution is -2.23. The molecule has 0 N–H and O–H groups in total. The number of hydrogen-bond donors (Lipinski definition) is 0. The van der Waals surface area contributed by atoms with E-state index in [4.69, 9.17) is 4.74 Å². The van der Waals surface area contributed by atoms with Gasteiger partial charge in [-0.05, 0) is 42.0 Å². The van der Waals surface area contributed by atoms with Crippen LogP contribution in [0.4, 0.5) is 24.7 Å². The van der Waals surface area contributed by atoms with Crippen molar-refractivity contribution in [1.82, 2.24) is 9.97 Å². The number of benzene rings is 3. The van der Waals surface area contributed by atoms with Crippen LogP contribution in [0.25, 0.3) is 11.0 Å². The fraction of sp³-hybridized carbons (Fsp3) is 0.0909. The van der Waals surface area contributed by atoms with Crippen LogP contribution in [0.2, 0.25) is 0 Å². The van der Waals surface area contributed by atoms with Gasteiger partial charge >= 0.3 is 6.18 Å². The maximum atomic E-state index is 13.1. The number of halogens is 3. The van der Waals surface area contributed by atoms with Gasteiger partial charge in [-0.3, -0.25) is 0 Å². The third-order valence-corrected chi connectivity index (χ3v) is 4.73. The van der Waals surface area contributed by atoms with Gasteiger partial charge in [-0.2, -0.15) is 13.2 Å². The zero-order valence-corrected chi connectivity index (χ0v) is 15.0. The SMILES string of the molecule is FC(F)(F)c1cccc(CN2c3ccccc3Oc3nc4ccccc4nc32)c1. The summed E-state index contributed by atoms with van der Waals surface area (Å²) in [6.07, 6.45) is -4.40. The third kappa shape index (κ3) is 3.14. The normalized spacial score (nSPS) is 13.0. The fourth-order valence-electron chi connectivity index (χ4n) is 3.39. The first kappa shape index (κ1) is 17.5. The molecule has 7 heteroatoms. The number of aromatic nitrogens is 2. The van der Waals surface area contributed by atoms with E-state index >= 15 is 0 Å². The molecule has 0 unspecified atom stereocenters. The van der Waals surface area contributed by atoms with E-state index in [1.165, 1.54) is 6.07 Å². The Bertz CT molecular complexity index is 1220. The molecule has 0 radical (unpaired) electrons. The second kappa shape index (κ2) is 6.48. The Hall–Kier alpha value is -3.61. The van der Waals surface area contributed by atoms with Gasteiger partial charge < -0.3 is 9.64 Å².